The molecular formula is C15H20O2. The number of esters is 1. The summed E-state index contributed by atoms with van der Waals surface area (Å²) in [5.41, 5.74) is 3.95. The van der Waals surface area contributed by atoms with Crippen LogP contribution >= 0.6 is 0 Å². The first-order chi connectivity index (χ1) is 8.15. The summed E-state index contributed by atoms with van der Waals surface area (Å²) in [4.78, 5) is 11.5. The minimum absolute atomic E-state index is 0.157. The van der Waals surface area contributed by atoms with E-state index in [1.807, 2.05) is 6.92 Å². The predicted molar refractivity (Wildman–Crippen MR) is 68.1 cm³/mol. The molecule has 2 heteroatoms. The zero-order valence-electron chi connectivity index (χ0n) is 10.8. The smallest absolute Gasteiger partial charge is 0.312 e. The summed E-state index contributed by atoms with van der Waals surface area (Å²) >= 11 is 0. The molecule has 0 aromatic heterocycles. The highest BCUT2D eigenvalue weighted by Crippen LogP contribution is 2.31. The van der Waals surface area contributed by atoms with Crippen molar-refractivity contribution >= 4 is 5.97 Å². The van der Waals surface area contributed by atoms with E-state index in [0.717, 1.165) is 17.9 Å². The van der Waals surface area contributed by atoms with Gasteiger partial charge in [0.2, 0.25) is 0 Å². The summed E-state index contributed by atoms with van der Waals surface area (Å²) in [6.45, 7) is 4.15. The quantitative estimate of drug-likeness (QED) is 0.749. The molecular weight excluding hydrogens is 212 g/mol. The van der Waals surface area contributed by atoms with Gasteiger partial charge in [-0.3, -0.25) is 4.79 Å². The largest absolute Gasteiger partial charge is 0.469 e. The molecule has 1 aliphatic carbocycles. The van der Waals surface area contributed by atoms with Crippen LogP contribution in [0, 0.1) is 5.92 Å². The van der Waals surface area contributed by atoms with Crippen LogP contribution in [0.3, 0.4) is 0 Å². The average Bonchev–Trinajstić information content (AvgIpc) is 2.78. The van der Waals surface area contributed by atoms with Crippen molar-refractivity contribution in [1.29, 1.82) is 0 Å². The lowest BCUT2D eigenvalue weighted by Crippen LogP contribution is -2.11. The zero-order chi connectivity index (χ0) is 12.4. The highest BCUT2D eigenvalue weighted by Gasteiger charge is 2.22. The maximum absolute atomic E-state index is 11.5. The van der Waals surface area contributed by atoms with E-state index < -0.39 is 0 Å². The van der Waals surface area contributed by atoms with Crippen LogP contribution in [0.5, 0.6) is 0 Å². The number of carbonyl (C=O) groups excluding carboxylic acids is 1. The molecule has 1 aromatic rings. The molecule has 0 bridgehead atoms. The van der Waals surface area contributed by atoms with Crippen LogP contribution in [0.15, 0.2) is 18.2 Å². The molecule has 0 unspecified atom stereocenters. The Morgan fingerprint density at radius 3 is 2.76 bits per heavy atom. The van der Waals surface area contributed by atoms with E-state index in [1.165, 1.54) is 31.1 Å². The number of hydrogen-bond acceptors (Lipinski definition) is 2. The van der Waals surface area contributed by atoms with E-state index in [0.29, 0.717) is 0 Å². The summed E-state index contributed by atoms with van der Waals surface area (Å²) < 4.78 is 4.79. The number of carbonyl (C=O) groups is 1. The lowest BCUT2D eigenvalue weighted by Gasteiger charge is -2.11. The molecule has 0 heterocycles. The van der Waals surface area contributed by atoms with Crippen LogP contribution in [0.2, 0.25) is 0 Å². The Kier molecular flexibility index (Phi) is 3.51. The van der Waals surface area contributed by atoms with Crippen molar-refractivity contribution in [2.45, 2.75) is 39.0 Å². The highest BCUT2D eigenvalue weighted by molar-refractivity contribution is 5.77. The minimum atomic E-state index is -0.161. The summed E-state index contributed by atoms with van der Waals surface area (Å²) in [7, 11) is 1.44. The molecule has 2 atom stereocenters. The summed E-state index contributed by atoms with van der Waals surface area (Å²) in [5.74, 6) is 0.467. The lowest BCUT2D eigenvalue weighted by atomic mass is 9.97. The fourth-order valence-corrected chi connectivity index (χ4v) is 2.60. The Labute approximate surface area is 103 Å². The standard InChI is InChI=1S/C15H20O2/c1-4-11-7-13-6-5-12(9-14(13)8-11)10(2)15(16)17-3/h5-6,9-11H,4,7-8H2,1-3H3/t10-,11+/m1/s1. The second kappa shape index (κ2) is 4.91. The second-order valence-electron chi connectivity index (χ2n) is 4.96. The molecule has 0 spiro atoms. The van der Waals surface area contributed by atoms with E-state index in [2.05, 4.69) is 25.1 Å². The number of methoxy groups -OCH3 is 1. The van der Waals surface area contributed by atoms with Crippen LogP contribution in [0.25, 0.3) is 0 Å². The van der Waals surface area contributed by atoms with Crippen molar-refractivity contribution < 1.29 is 9.53 Å². The van der Waals surface area contributed by atoms with Crippen molar-refractivity contribution in [2.24, 2.45) is 5.92 Å². The Morgan fingerprint density at radius 2 is 2.12 bits per heavy atom. The van der Waals surface area contributed by atoms with Crippen molar-refractivity contribution in [3.05, 3.63) is 34.9 Å². The minimum Gasteiger partial charge on any atom is -0.469 e. The first-order valence-corrected chi connectivity index (χ1v) is 6.35. The van der Waals surface area contributed by atoms with Crippen molar-refractivity contribution in [1.82, 2.24) is 0 Å². The fourth-order valence-electron chi connectivity index (χ4n) is 2.60. The molecule has 0 radical (unpaired) electrons. The van der Waals surface area contributed by atoms with Gasteiger partial charge in [-0.2, -0.15) is 0 Å². The molecule has 0 amide bonds. The van der Waals surface area contributed by atoms with Crippen molar-refractivity contribution in [3.63, 3.8) is 0 Å². The van der Waals surface area contributed by atoms with Gasteiger partial charge in [0.25, 0.3) is 0 Å². The second-order valence-corrected chi connectivity index (χ2v) is 4.96. The maximum atomic E-state index is 11.5. The summed E-state index contributed by atoms with van der Waals surface area (Å²) in [5, 5.41) is 0. The lowest BCUT2D eigenvalue weighted by molar-refractivity contribution is -0.141. The van der Waals surface area contributed by atoms with Crippen molar-refractivity contribution in [3.8, 4) is 0 Å². The third-order valence-electron chi connectivity index (χ3n) is 3.88. The predicted octanol–water partition coefficient (Wildman–Crippen LogP) is 3.09. The van der Waals surface area contributed by atoms with Gasteiger partial charge >= 0.3 is 5.97 Å². The van der Waals surface area contributed by atoms with Crippen LogP contribution < -0.4 is 0 Å². The SMILES string of the molecule is CC[C@H]1Cc2ccc([C@@H](C)C(=O)OC)cc2C1. The van der Waals surface area contributed by atoms with E-state index >= 15 is 0 Å². The number of rotatable bonds is 3. The van der Waals surface area contributed by atoms with Gasteiger partial charge < -0.3 is 4.74 Å². The van der Waals surface area contributed by atoms with E-state index in [4.69, 9.17) is 4.74 Å². The number of hydrogen-bond donors (Lipinski definition) is 0. The molecule has 0 saturated heterocycles. The fraction of sp³-hybridized carbons (Fsp3) is 0.533. The molecule has 17 heavy (non-hydrogen) atoms. The van der Waals surface area contributed by atoms with Crippen LogP contribution in [0.4, 0.5) is 0 Å². The topological polar surface area (TPSA) is 26.3 Å². The third-order valence-corrected chi connectivity index (χ3v) is 3.88. The Bertz CT molecular complexity index is 423. The van der Waals surface area contributed by atoms with Gasteiger partial charge in [-0.1, -0.05) is 31.5 Å². The third kappa shape index (κ3) is 2.36. The molecule has 1 aromatic carbocycles. The maximum Gasteiger partial charge on any atom is 0.312 e. The van der Waals surface area contributed by atoms with E-state index in [9.17, 15) is 4.79 Å². The van der Waals surface area contributed by atoms with Gasteiger partial charge in [-0.05, 0) is 42.4 Å². The monoisotopic (exact) mass is 232 g/mol. The molecule has 0 fully saturated rings. The molecule has 0 saturated carbocycles. The first-order valence-electron chi connectivity index (χ1n) is 6.35. The Balaban J connectivity index is 2.21. The van der Waals surface area contributed by atoms with Gasteiger partial charge in [0.15, 0.2) is 0 Å². The van der Waals surface area contributed by atoms with Gasteiger partial charge in [-0.25, -0.2) is 0 Å². The Morgan fingerprint density at radius 1 is 1.41 bits per heavy atom. The Hall–Kier alpha value is -1.31. The van der Waals surface area contributed by atoms with Gasteiger partial charge in [0, 0.05) is 0 Å². The molecule has 0 N–H and O–H groups in total. The van der Waals surface area contributed by atoms with Crippen LogP contribution in [0.1, 0.15) is 42.9 Å². The molecule has 2 rings (SSSR count). The molecule has 1 aliphatic rings. The summed E-state index contributed by atoms with van der Waals surface area (Å²) in [6, 6.07) is 6.44. The normalized spacial score (nSPS) is 19.8. The number of ether oxygens (including phenoxy) is 1. The zero-order valence-corrected chi connectivity index (χ0v) is 10.8. The molecule has 2 nitrogen and oxygen atoms in total. The first kappa shape index (κ1) is 12.2. The molecule has 0 aliphatic heterocycles. The van der Waals surface area contributed by atoms with Gasteiger partial charge in [0.1, 0.15) is 0 Å². The summed E-state index contributed by atoms with van der Waals surface area (Å²) in [6.07, 6.45) is 3.59. The number of fused-ring (bicyclic) bond motifs is 1. The molecule has 92 valence electrons. The van der Waals surface area contributed by atoms with Gasteiger partial charge in [0.05, 0.1) is 13.0 Å². The van der Waals surface area contributed by atoms with E-state index in [-0.39, 0.29) is 11.9 Å². The van der Waals surface area contributed by atoms with Crippen LogP contribution in [-0.2, 0) is 22.4 Å². The average molecular weight is 232 g/mol. The van der Waals surface area contributed by atoms with E-state index in [1.54, 1.807) is 0 Å². The number of benzene rings is 1. The van der Waals surface area contributed by atoms with Gasteiger partial charge in [-0.15, -0.1) is 0 Å². The van der Waals surface area contributed by atoms with Crippen LogP contribution in [-0.4, -0.2) is 13.1 Å². The van der Waals surface area contributed by atoms with Crippen molar-refractivity contribution in [2.75, 3.05) is 7.11 Å². The highest BCUT2D eigenvalue weighted by atomic mass is 16.5.